The van der Waals surface area contributed by atoms with Gasteiger partial charge in [-0.1, -0.05) is 0 Å². The van der Waals surface area contributed by atoms with E-state index >= 15 is 0 Å². The van der Waals surface area contributed by atoms with Crippen LogP contribution in [0.15, 0.2) is 57.1 Å². The highest BCUT2D eigenvalue weighted by atomic mass is 16.3. The van der Waals surface area contributed by atoms with Crippen LogP contribution in [0.1, 0.15) is 11.6 Å². The summed E-state index contributed by atoms with van der Waals surface area (Å²) >= 11 is 0. The number of hydrogen-bond acceptors (Lipinski definition) is 7. The molecule has 1 atom stereocenters. The Morgan fingerprint density at radius 2 is 1.83 bits per heavy atom. The van der Waals surface area contributed by atoms with Gasteiger partial charge in [0.05, 0.1) is 12.5 Å². The van der Waals surface area contributed by atoms with E-state index in [2.05, 4.69) is 15.6 Å². The minimum absolute atomic E-state index is 0.0109. The Morgan fingerprint density at radius 1 is 1.13 bits per heavy atom. The molecule has 0 radical (unpaired) electrons. The van der Waals surface area contributed by atoms with Crippen LogP contribution < -0.4 is 27.2 Å². The van der Waals surface area contributed by atoms with Gasteiger partial charge >= 0.3 is 0 Å². The van der Waals surface area contributed by atoms with E-state index in [4.69, 9.17) is 10.2 Å². The molecule has 2 aromatic heterocycles. The summed E-state index contributed by atoms with van der Waals surface area (Å²) in [5.41, 5.74) is 5.10. The van der Waals surface area contributed by atoms with Crippen molar-refractivity contribution in [3.63, 3.8) is 0 Å². The summed E-state index contributed by atoms with van der Waals surface area (Å²) in [4.78, 5) is 39.0. The van der Waals surface area contributed by atoms with Gasteiger partial charge in [0.2, 0.25) is 5.91 Å². The Balaban J connectivity index is 1.89. The number of nitrogens with two attached hydrogens (primary N) is 1. The molecule has 0 aliphatic rings. The lowest BCUT2D eigenvalue weighted by molar-refractivity contribution is -0.118. The quantitative estimate of drug-likeness (QED) is 0.570. The fourth-order valence-electron chi connectivity index (χ4n) is 2.13. The van der Waals surface area contributed by atoms with Crippen molar-refractivity contribution >= 4 is 23.0 Å². The third-order valence-corrected chi connectivity index (χ3v) is 3.31. The molecular formula is C15H12N4O4. The molecule has 8 nitrogen and oxygen atoms in total. The van der Waals surface area contributed by atoms with E-state index in [1.54, 1.807) is 30.6 Å². The number of carbonyl (C=O) groups is 1. The molecule has 1 unspecified atom stereocenters. The van der Waals surface area contributed by atoms with Crippen LogP contribution >= 0.6 is 0 Å². The second-order valence-electron chi connectivity index (χ2n) is 4.81. The molecule has 2 heterocycles. The maximum absolute atomic E-state index is 11.8. The van der Waals surface area contributed by atoms with E-state index in [0.717, 1.165) is 0 Å². The number of rotatable bonds is 6. The highest BCUT2D eigenvalue weighted by Crippen LogP contribution is 2.25. The summed E-state index contributed by atoms with van der Waals surface area (Å²) in [7, 11) is 0. The lowest BCUT2D eigenvalue weighted by atomic mass is 10.1. The Kier molecular flexibility index (Phi) is 3.63. The third-order valence-electron chi connectivity index (χ3n) is 3.31. The predicted molar refractivity (Wildman–Crippen MR) is 83.1 cm³/mol. The monoisotopic (exact) mass is 312 g/mol. The maximum atomic E-state index is 11.8. The van der Waals surface area contributed by atoms with Gasteiger partial charge in [0.25, 0.3) is 10.9 Å². The van der Waals surface area contributed by atoms with Gasteiger partial charge in [-0.2, -0.15) is 0 Å². The molecule has 0 fully saturated rings. The van der Waals surface area contributed by atoms with Crippen molar-refractivity contribution in [2.45, 2.75) is 6.04 Å². The van der Waals surface area contributed by atoms with Crippen LogP contribution in [-0.4, -0.2) is 10.9 Å². The van der Waals surface area contributed by atoms with Crippen LogP contribution in [0.2, 0.25) is 0 Å². The van der Waals surface area contributed by atoms with E-state index in [9.17, 15) is 14.4 Å². The van der Waals surface area contributed by atoms with Gasteiger partial charge in [-0.15, -0.1) is 0 Å². The first-order valence-electron chi connectivity index (χ1n) is 6.66. The molecule has 23 heavy (non-hydrogen) atoms. The van der Waals surface area contributed by atoms with Crippen molar-refractivity contribution in [2.75, 3.05) is 10.6 Å². The number of aromatic nitrogens is 1. The van der Waals surface area contributed by atoms with E-state index < -0.39 is 22.8 Å². The smallest absolute Gasteiger partial charge is 0.253 e. The van der Waals surface area contributed by atoms with Crippen molar-refractivity contribution in [1.82, 2.24) is 4.98 Å². The van der Waals surface area contributed by atoms with Gasteiger partial charge in [0.1, 0.15) is 17.4 Å². The second-order valence-corrected chi connectivity index (χ2v) is 4.81. The standard InChI is InChI=1S/C15H12N4O4/c16-15(22)10(8-3-6-23-7-8)19-12-11(13(20)14(12)21)18-9-1-4-17-5-2-9/h1-7,10,19H,(H2,16,22)(H,17,18). The van der Waals surface area contributed by atoms with Crippen molar-refractivity contribution in [3.8, 4) is 0 Å². The topological polar surface area (TPSA) is 127 Å². The number of primary amides is 1. The number of amides is 1. The normalized spacial score (nSPS) is 12.0. The lowest BCUT2D eigenvalue weighted by Gasteiger charge is -2.19. The fraction of sp³-hybridized carbons (Fsp3) is 0.0667. The number of pyridine rings is 1. The first-order valence-corrected chi connectivity index (χ1v) is 6.66. The first kappa shape index (κ1) is 14.5. The molecule has 0 spiro atoms. The Labute approximate surface area is 129 Å². The number of hydrogen-bond donors (Lipinski definition) is 3. The average molecular weight is 312 g/mol. The fourth-order valence-corrected chi connectivity index (χ4v) is 2.13. The zero-order chi connectivity index (χ0) is 16.4. The number of furan rings is 1. The SMILES string of the molecule is NC(=O)C(Nc1c(Nc2ccncc2)c(=O)c1=O)c1ccoc1. The number of anilines is 3. The van der Waals surface area contributed by atoms with Crippen LogP contribution in [-0.2, 0) is 4.79 Å². The molecular weight excluding hydrogens is 300 g/mol. The minimum Gasteiger partial charge on any atom is -0.472 e. The van der Waals surface area contributed by atoms with Crippen LogP contribution in [0.4, 0.5) is 17.1 Å². The number of nitrogens with one attached hydrogen (secondary N) is 2. The van der Waals surface area contributed by atoms with Crippen LogP contribution in [0, 0.1) is 0 Å². The van der Waals surface area contributed by atoms with E-state index in [-0.39, 0.29) is 11.4 Å². The van der Waals surface area contributed by atoms with Crippen molar-refractivity contribution < 1.29 is 9.21 Å². The van der Waals surface area contributed by atoms with Gasteiger partial charge in [-0.3, -0.25) is 19.4 Å². The van der Waals surface area contributed by atoms with Gasteiger partial charge in [0.15, 0.2) is 0 Å². The minimum atomic E-state index is -0.977. The van der Waals surface area contributed by atoms with E-state index in [1.807, 2.05) is 0 Å². The summed E-state index contributed by atoms with van der Waals surface area (Å²) in [6.45, 7) is 0. The lowest BCUT2D eigenvalue weighted by Crippen LogP contribution is -2.39. The van der Waals surface area contributed by atoms with Crippen molar-refractivity contribution in [2.24, 2.45) is 5.73 Å². The molecule has 0 bridgehead atoms. The summed E-state index contributed by atoms with van der Waals surface area (Å²) in [5, 5.41) is 5.53. The van der Waals surface area contributed by atoms with Gasteiger partial charge in [0, 0.05) is 23.6 Å². The molecule has 3 rings (SSSR count). The largest absolute Gasteiger partial charge is 0.472 e. The number of nitrogens with zero attached hydrogens (tertiary/aromatic N) is 1. The maximum Gasteiger partial charge on any atom is 0.253 e. The summed E-state index contributed by atoms with van der Waals surface area (Å²) in [6.07, 6.45) is 5.80. The van der Waals surface area contributed by atoms with Gasteiger partial charge in [-0.25, -0.2) is 0 Å². The van der Waals surface area contributed by atoms with Gasteiger partial charge < -0.3 is 20.8 Å². The molecule has 1 aromatic carbocycles. The zero-order valence-electron chi connectivity index (χ0n) is 11.8. The molecule has 3 aromatic rings. The Morgan fingerprint density at radius 3 is 2.43 bits per heavy atom. The second kappa shape index (κ2) is 5.76. The molecule has 4 N–H and O–H groups in total. The molecule has 0 saturated heterocycles. The molecule has 0 aliphatic carbocycles. The molecule has 116 valence electrons. The summed E-state index contributed by atoms with van der Waals surface area (Å²) < 4.78 is 4.91. The zero-order valence-corrected chi connectivity index (χ0v) is 11.8. The first-order chi connectivity index (χ1) is 11.1. The number of carbonyl (C=O) groups excluding carboxylic acids is 1. The Hall–Kier alpha value is -3.42. The van der Waals surface area contributed by atoms with Crippen molar-refractivity contribution in [3.05, 3.63) is 69.1 Å². The summed E-state index contributed by atoms with van der Waals surface area (Å²) in [5.74, 6) is -0.700. The van der Waals surface area contributed by atoms with Crippen LogP contribution in [0.25, 0.3) is 0 Å². The predicted octanol–water partition coefficient (Wildman–Crippen LogP) is 0.653. The average Bonchev–Trinajstić information content (AvgIpc) is 3.08. The van der Waals surface area contributed by atoms with Gasteiger partial charge in [-0.05, 0) is 18.2 Å². The molecule has 1 amide bonds. The highest BCUT2D eigenvalue weighted by Gasteiger charge is 2.27. The third kappa shape index (κ3) is 2.69. The van der Waals surface area contributed by atoms with Crippen LogP contribution in [0.3, 0.4) is 0 Å². The van der Waals surface area contributed by atoms with E-state index in [1.165, 1.54) is 12.5 Å². The van der Waals surface area contributed by atoms with E-state index in [0.29, 0.717) is 11.3 Å². The Bertz CT molecular complexity index is 896. The molecule has 8 heteroatoms. The highest BCUT2D eigenvalue weighted by molar-refractivity contribution is 5.87. The van der Waals surface area contributed by atoms with Crippen LogP contribution in [0.5, 0.6) is 0 Å². The van der Waals surface area contributed by atoms with Crippen molar-refractivity contribution in [1.29, 1.82) is 0 Å². The summed E-state index contributed by atoms with van der Waals surface area (Å²) in [6, 6.07) is 3.85. The molecule has 0 saturated carbocycles. The molecule has 0 aliphatic heterocycles.